The normalized spacial score (nSPS) is 19.6. The number of primary amides is 1. The highest BCUT2D eigenvalue weighted by Gasteiger charge is 2.42. The van der Waals surface area contributed by atoms with Gasteiger partial charge in [0.1, 0.15) is 11.6 Å². The van der Waals surface area contributed by atoms with Gasteiger partial charge in [0.2, 0.25) is 0 Å². The molecular weight excluding hydrogens is 500 g/mol. The van der Waals surface area contributed by atoms with E-state index in [4.69, 9.17) is 26.7 Å². The predicted octanol–water partition coefficient (Wildman–Crippen LogP) is 3.48. The summed E-state index contributed by atoms with van der Waals surface area (Å²) in [5.74, 6) is 1.09. The number of nitrogens with zero attached hydrogens (tertiary/aromatic N) is 3. The number of carbonyl (C=O) groups excluding carboxylic acids is 2. The maximum absolute atomic E-state index is 12.6. The highest BCUT2D eigenvalue weighted by atomic mass is 35.5. The number of hydrogen-bond acceptors (Lipinski definition) is 8. The average molecular weight is 525 g/mol. The SMILES string of the molecule is Cc1cccc(Cl)c1C1(Nc2cccc(N3CCN(C(=O)c4ccco4)CC3)n2)NC=C(C(N)=O)S1. The van der Waals surface area contributed by atoms with Crippen LogP contribution >= 0.6 is 23.4 Å². The van der Waals surface area contributed by atoms with Crippen molar-refractivity contribution in [2.45, 2.75) is 11.9 Å². The summed E-state index contributed by atoms with van der Waals surface area (Å²) in [6.45, 7) is 4.36. The number of pyridine rings is 1. The molecule has 4 heterocycles. The van der Waals surface area contributed by atoms with Gasteiger partial charge in [-0.25, -0.2) is 4.98 Å². The lowest BCUT2D eigenvalue weighted by Crippen LogP contribution is -2.49. The van der Waals surface area contributed by atoms with Crippen molar-refractivity contribution in [1.29, 1.82) is 0 Å². The maximum atomic E-state index is 12.6. The predicted molar refractivity (Wildman–Crippen MR) is 141 cm³/mol. The molecule has 1 atom stereocenters. The van der Waals surface area contributed by atoms with E-state index in [1.807, 2.05) is 43.3 Å². The summed E-state index contributed by atoms with van der Waals surface area (Å²) in [4.78, 5) is 32.7. The number of halogens is 1. The van der Waals surface area contributed by atoms with Crippen LogP contribution in [0, 0.1) is 6.92 Å². The summed E-state index contributed by atoms with van der Waals surface area (Å²) in [5, 5.41) is 7.28. The number of furan rings is 1. The van der Waals surface area contributed by atoms with Crippen molar-refractivity contribution < 1.29 is 14.0 Å². The average Bonchev–Trinajstić information content (AvgIpc) is 3.55. The largest absolute Gasteiger partial charge is 0.459 e. The number of carbonyl (C=O) groups is 2. The minimum Gasteiger partial charge on any atom is -0.459 e. The number of amides is 2. The van der Waals surface area contributed by atoms with Crippen molar-refractivity contribution in [3.8, 4) is 0 Å². The number of aryl methyl sites for hydroxylation is 1. The van der Waals surface area contributed by atoms with Gasteiger partial charge in [-0.15, -0.1) is 0 Å². The van der Waals surface area contributed by atoms with E-state index in [1.165, 1.54) is 18.0 Å². The zero-order valence-corrected chi connectivity index (χ0v) is 21.1. The monoisotopic (exact) mass is 524 g/mol. The third-order valence-electron chi connectivity index (χ3n) is 6.15. The second-order valence-corrected chi connectivity index (χ2v) is 10.2. The van der Waals surface area contributed by atoms with Crippen molar-refractivity contribution >= 4 is 46.8 Å². The van der Waals surface area contributed by atoms with Gasteiger partial charge in [-0.05, 0) is 42.8 Å². The molecule has 0 bridgehead atoms. The van der Waals surface area contributed by atoms with Crippen LogP contribution in [-0.4, -0.2) is 47.9 Å². The number of nitrogens with one attached hydrogen (secondary N) is 2. The summed E-state index contributed by atoms with van der Waals surface area (Å²) >= 11 is 7.88. The van der Waals surface area contributed by atoms with E-state index in [0.29, 0.717) is 47.7 Å². The van der Waals surface area contributed by atoms with Crippen LogP contribution < -0.4 is 21.3 Å². The number of anilines is 2. The second kappa shape index (κ2) is 9.79. The number of hydrogen-bond donors (Lipinski definition) is 3. The van der Waals surface area contributed by atoms with Crippen LogP contribution in [0.1, 0.15) is 21.7 Å². The fourth-order valence-electron chi connectivity index (χ4n) is 4.38. The highest BCUT2D eigenvalue weighted by molar-refractivity contribution is 8.05. The fourth-order valence-corrected chi connectivity index (χ4v) is 6.00. The highest BCUT2D eigenvalue weighted by Crippen LogP contribution is 2.46. The van der Waals surface area contributed by atoms with Crippen LogP contribution in [0.3, 0.4) is 0 Å². The molecule has 11 heteroatoms. The molecule has 2 aromatic heterocycles. The number of aromatic nitrogens is 1. The molecule has 1 unspecified atom stereocenters. The fraction of sp³-hybridized carbons (Fsp3) is 0.240. The Morgan fingerprint density at radius 3 is 2.58 bits per heavy atom. The van der Waals surface area contributed by atoms with Gasteiger partial charge in [-0.1, -0.05) is 41.6 Å². The molecule has 0 spiro atoms. The van der Waals surface area contributed by atoms with Crippen molar-refractivity contribution in [1.82, 2.24) is 15.2 Å². The van der Waals surface area contributed by atoms with E-state index < -0.39 is 10.9 Å². The molecule has 3 aromatic rings. The van der Waals surface area contributed by atoms with Gasteiger partial charge in [0.15, 0.2) is 10.8 Å². The lowest BCUT2D eigenvalue weighted by atomic mass is 10.1. The van der Waals surface area contributed by atoms with Crippen LogP contribution in [0.25, 0.3) is 0 Å². The molecule has 1 saturated heterocycles. The minimum absolute atomic E-state index is 0.109. The molecular formula is C25H25ClN6O3S. The third kappa shape index (κ3) is 4.61. The molecule has 4 N–H and O–H groups in total. The molecule has 9 nitrogen and oxygen atoms in total. The van der Waals surface area contributed by atoms with Crippen molar-refractivity contribution in [2.24, 2.45) is 5.73 Å². The Kier molecular flexibility index (Phi) is 6.55. The molecule has 0 radical (unpaired) electrons. The second-order valence-electron chi connectivity index (χ2n) is 8.49. The van der Waals surface area contributed by atoms with Gasteiger partial charge in [-0.3, -0.25) is 9.59 Å². The van der Waals surface area contributed by atoms with Crippen molar-refractivity contribution in [3.05, 3.63) is 87.8 Å². The topological polar surface area (TPSA) is 117 Å². The first-order valence-electron chi connectivity index (χ1n) is 11.4. The van der Waals surface area contributed by atoms with Gasteiger partial charge in [0.25, 0.3) is 11.8 Å². The van der Waals surface area contributed by atoms with E-state index >= 15 is 0 Å². The molecule has 5 rings (SSSR count). The van der Waals surface area contributed by atoms with E-state index in [-0.39, 0.29) is 5.91 Å². The van der Waals surface area contributed by atoms with E-state index in [2.05, 4.69) is 15.5 Å². The molecule has 1 fully saturated rings. The number of nitrogens with two attached hydrogens (primary N) is 1. The summed E-state index contributed by atoms with van der Waals surface area (Å²) in [7, 11) is 0. The molecule has 2 amide bonds. The minimum atomic E-state index is -0.966. The standard InChI is InChI=1S/C25H25ClN6O3S/c1-16-5-2-6-17(26)22(16)25(28-15-19(36-25)23(27)33)30-20-8-3-9-21(29-20)31-10-12-32(13-11-31)24(34)18-7-4-14-35-18/h2-9,14-15,28H,10-13H2,1H3,(H2,27,33)(H,29,30). The summed E-state index contributed by atoms with van der Waals surface area (Å²) < 4.78 is 5.25. The van der Waals surface area contributed by atoms with Crippen LogP contribution in [-0.2, 0) is 9.79 Å². The molecule has 36 heavy (non-hydrogen) atoms. The Labute approximate surface area is 217 Å². The lowest BCUT2D eigenvalue weighted by Gasteiger charge is -2.36. The van der Waals surface area contributed by atoms with Gasteiger partial charge < -0.3 is 30.6 Å². The number of piperazine rings is 1. The maximum Gasteiger partial charge on any atom is 0.289 e. The molecule has 1 aromatic carbocycles. The Balaban J connectivity index is 1.36. The van der Waals surface area contributed by atoms with Crippen LogP contribution in [0.5, 0.6) is 0 Å². The Bertz CT molecular complexity index is 1300. The van der Waals surface area contributed by atoms with Crippen molar-refractivity contribution in [3.63, 3.8) is 0 Å². The van der Waals surface area contributed by atoms with Gasteiger partial charge in [0, 0.05) is 43.0 Å². The number of rotatable bonds is 6. The molecule has 186 valence electrons. The summed E-state index contributed by atoms with van der Waals surface area (Å²) in [5.41, 5.74) is 7.31. The van der Waals surface area contributed by atoms with Crippen LogP contribution in [0.15, 0.2) is 70.3 Å². The first-order chi connectivity index (χ1) is 17.4. The zero-order chi connectivity index (χ0) is 25.3. The first-order valence-corrected chi connectivity index (χ1v) is 12.6. The zero-order valence-electron chi connectivity index (χ0n) is 19.5. The van der Waals surface area contributed by atoms with Gasteiger partial charge in [-0.2, -0.15) is 0 Å². The van der Waals surface area contributed by atoms with Gasteiger partial charge >= 0.3 is 0 Å². The van der Waals surface area contributed by atoms with E-state index in [9.17, 15) is 9.59 Å². The molecule has 2 aliphatic heterocycles. The number of benzene rings is 1. The van der Waals surface area contributed by atoms with E-state index in [1.54, 1.807) is 23.2 Å². The molecule has 0 aliphatic carbocycles. The summed E-state index contributed by atoms with van der Waals surface area (Å²) in [6, 6.07) is 14.8. The quantitative estimate of drug-likeness (QED) is 0.448. The Morgan fingerprint density at radius 1 is 1.14 bits per heavy atom. The smallest absolute Gasteiger partial charge is 0.289 e. The Morgan fingerprint density at radius 2 is 1.92 bits per heavy atom. The lowest BCUT2D eigenvalue weighted by molar-refractivity contribution is -0.113. The van der Waals surface area contributed by atoms with Crippen molar-refractivity contribution in [2.75, 3.05) is 36.4 Å². The van der Waals surface area contributed by atoms with Gasteiger partial charge in [0.05, 0.1) is 11.2 Å². The molecule has 0 saturated carbocycles. The van der Waals surface area contributed by atoms with E-state index in [0.717, 1.165) is 16.9 Å². The summed E-state index contributed by atoms with van der Waals surface area (Å²) in [6.07, 6.45) is 3.10. The van der Waals surface area contributed by atoms with Crippen LogP contribution in [0.2, 0.25) is 5.02 Å². The Hall–Kier alpha value is -3.63. The number of thioether (sulfide) groups is 1. The third-order valence-corrected chi connectivity index (χ3v) is 7.73. The van der Waals surface area contributed by atoms with Crippen LogP contribution in [0.4, 0.5) is 11.6 Å². The first kappa shape index (κ1) is 24.1. The molecule has 2 aliphatic rings.